The number of aryl methyl sites for hydroxylation is 2. The van der Waals surface area contributed by atoms with Gasteiger partial charge < -0.3 is 20.3 Å². The second-order valence-electron chi connectivity index (χ2n) is 11.0. The van der Waals surface area contributed by atoms with Crippen LogP contribution >= 0.6 is 0 Å². The number of amides is 3. The van der Waals surface area contributed by atoms with Gasteiger partial charge in [0.2, 0.25) is 11.8 Å². The third kappa shape index (κ3) is 13.0. The van der Waals surface area contributed by atoms with E-state index in [-0.39, 0.29) is 18.4 Å². The molecule has 0 saturated heterocycles. The summed E-state index contributed by atoms with van der Waals surface area (Å²) in [6.45, 7) is 14.4. The van der Waals surface area contributed by atoms with E-state index in [4.69, 9.17) is 4.74 Å². The van der Waals surface area contributed by atoms with E-state index in [1.54, 1.807) is 25.7 Å². The van der Waals surface area contributed by atoms with Crippen LogP contribution in [-0.2, 0) is 14.3 Å². The largest absolute Gasteiger partial charge is 0.444 e. The molecular weight excluding hydrogens is 466 g/mol. The number of rotatable bonds is 16. The number of carbonyl (C=O) groups is 3. The highest BCUT2D eigenvalue weighted by molar-refractivity contribution is 5.90. The number of ether oxygens (including phenoxy) is 1. The number of carbonyl (C=O) groups excluding carboxylic acids is 3. The lowest BCUT2D eigenvalue weighted by Crippen LogP contribution is -2.48. The summed E-state index contributed by atoms with van der Waals surface area (Å²) in [6, 6.07) is 5.21. The number of benzene rings is 1. The van der Waals surface area contributed by atoms with E-state index in [1.165, 1.54) is 19.3 Å². The topological polar surface area (TPSA) is 87.7 Å². The summed E-state index contributed by atoms with van der Waals surface area (Å²) in [5.74, 6) is -0.479. The van der Waals surface area contributed by atoms with Crippen LogP contribution in [0.2, 0.25) is 0 Å². The molecule has 7 heteroatoms. The second-order valence-corrected chi connectivity index (χ2v) is 11.0. The first kappa shape index (κ1) is 32.5. The highest BCUT2D eigenvalue weighted by atomic mass is 16.6. The predicted octanol–water partition coefficient (Wildman–Crippen LogP) is 6.36. The number of hydrogen-bond donors (Lipinski definition) is 2. The summed E-state index contributed by atoms with van der Waals surface area (Å²) in [5.41, 5.74) is 2.22. The average molecular weight is 518 g/mol. The molecule has 0 heterocycles. The molecular formula is C30H51N3O4. The van der Waals surface area contributed by atoms with Crippen LogP contribution in [0.15, 0.2) is 18.2 Å². The molecule has 2 N–H and O–H groups in total. The zero-order valence-corrected chi connectivity index (χ0v) is 24.4. The standard InChI is InChI=1S/C30H51N3O4/c1-8-10-12-13-14-16-20-33(26(34)22-32-29(36)37-30(5,6)7)27(28(35)31-19-15-11-9-2)25-18-17-23(3)21-24(25)4/h17-18,21,27H,8-16,19-20,22H2,1-7H3,(H,31,35)(H,32,36). The first-order chi connectivity index (χ1) is 17.5. The number of alkyl carbamates (subject to hydrolysis) is 1. The Morgan fingerprint density at radius 2 is 1.51 bits per heavy atom. The molecule has 37 heavy (non-hydrogen) atoms. The average Bonchev–Trinajstić information content (AvgIpc) is 2.81. The molecule has 0 radical (unpaired) electrons. The monoisotopic (exact) mass is 517 g/mol. The maximum Gasteiger partial charge on any atom is 0.408 e. The maximum absolute atomic E-state index is 13.6. The molecule has 0 aliphatic rings. The van der Waals surface area contributed by atoms with Crippen LogP contribution in [0, 0.1) is 13.8 Å². The second kappa shape index (κ2) is 17.0. The third-order valence-corrected chi connectivity index (χ3v) is 6.22. The van der Waals surface area contributed by atoms with E-state index >= 15 is 0 Å². The van der Waals surface area contributed by atoms with Crippen LogP contribution in [-0.4, -0.2) is 48.0 Å². The summed E-state index contributed by atoms with van der Waals surface area (Å²) in [4.78, 5) is 41.0. The minimum atomic E-state index is -0.759. The molecule has 7 nitrogen and oxygen atoms in total. The molecule has 1 atom stereocenters. The minimum absolute atomic E-state index is 0.181. The van der Waals surface area contributed by atoms with Crippen LogP contribution in [0.1, 0.15) is 115 Å². The van der Waals surface area contributed by atoms with Gasteiger partial charge >= 0.3 is 6.09 Å². The maximum atomic E-state index is 13.6. The molecule has 1 rings (SSSR count). The van der Waals surface area contributed by atoms with E-state index in [1.807, 2.05) is 32.0 Å². The molecule has 0 fully saturated rings. The molecule has 0 aliphatic heterocycles. The van der Waals surface area contributed by atoms with Gasteiger partial charge in [0.15, 0.2) is 0 Å². The van der Waals surface area contributed by atoms with Crippen molar-refractivity contribution < 1.29 is 19.1 Å². The number of nitrogens with one attached hydrogen (secondary N) is 2. The van der Waals surface area contributed by atoms with Crippen molar-refractivity contribution in [3.8, 4) is 0 Å². The van der Waals surface area contributed by atoms with Crippen molar-refractivity contribution in [3.05, 3.63) is 34.9 Å². The SMILES string of the molecule is CCCCCCCCN(C(=O)CNC(=O)OC(C)(C)C)C(C(=O)NCCCCC)c1ccc(C)cc1C. The Labute approximate surface area is 225 Å². The number of unbranched alkanes of at least 4 members (excludes halogenated alkanes) is 7. The molecule has 210 valence electrons. The zero-order chi connectivity index (χ0) is 27.8. The van der Waals surface area contributed by atoms with Gasteiger partial charge in [-0.25, -0.2) is 4.79 Å². The number of hydrogen-bond acceptors (Lipinski definition) is 4. The first-order valence-corrected chi connectivity index (χ1v) is 14.1. The van der Waals surface area contributed by atoms with Crippen LogP contribution in [0.3, 0.4) is 0 Å². The fourth-order valence-corrected chi connectivity index (χ4v) is 4.29. The van der Waals surface area contributed by atoms with Crippen LogP contribution in [0.25, 0.3) is 0 Å². The summed E-state index contributed by atoms with van der Waals surface area (Å²) < 4.78 is 5.30. The molecule has 0 aromatic heterocycles. The van der Waals surface area contributed by atoms with E-state index in [9.17, 15) is 14.4 Å². The summed E-state index contributed by atoms with van der Waals surface area (Å²) in [7, 11) is 0. The molecule has 0 saturated carbocycles. The molecule has 0 aliphatic carbocycles. The van der Waals surface area contributed by atoms with Crippen LogP contribution < -0.4 is 10.6 Å². The van der Waals surface area contributed by atoms with Crippen molar-refractivity contribution in [3.63, 3.8) is 0 Å². The van der Waals surface area contributed by atoms with E-state index in [2.05, 4.69) is 24.5 Å². The first-order valence-electron chi connectivity index (χ1n) is 14.1. The summed E-state index contributed by atoms with van der Waals surface area (Å²) >= 11 is 0. The van der Waals surface area contributed by atoms with E-state index in [0.717, 1.165) is 55.2 Å². The highest BCUT2D eigenvalue weighted by Crippen LogP contribution is 2.26. The molecule has 1 aromatic carbocycles. The molecule has 0 spiro atoms. The van der Waals surface area contributed by atoms with Crippen molar-refractivity contribution in [1.82, 2.24) is 15.5 Å². The van der Waals surface area contributed by atoms with Gasteiger partial charge in [0.1, 0.15) is 18.2 Å². The third-order valence-electron chi connectivity index (χ3n) is 6.22. The van der Waals surface area contributed by atoms with Crippen LogP contribution in [0.5, 0.6) is 0 Å². The Morgan fingerprint density at radius 1 is 0.892 bits per heavy atom. The zero-order valence-electron chi connectivity index (χ0n) is 24.4. The Morgan fingerprint density at radius 3 is 2.14 bits per heavy atom. The molecule has 1 aromatic rings. The van der Waals surface area contributed by atoms with E-state index < -0.39 is 17.7 Å². The van der Waals surface area contributed by atoms with Gasteiger partial charge in [0.05, 0.1) is 0 Å². The van der Waals surface area contributed by atoms with Gasteiger partial charge in [-0.3, -0.25) is 9.59 Å². The number of nitrogens with zero attached hydrogens (tertiary/aromatic N) is 1. The lowest BCUT2D eigenvalue weighted by molar-refractivity contribution is -0.140. The Balaban J connectivity index is 3.18. The van der Waals surface area contributed by atoms with Crippen molar-refractivity contribution in [1.29, 1.82) is 0 Å². The predicted molar refractivity (Wildman–Crippen MR) is 151 cm³/mol. The van der Waals surface area contributed by atoms with Crippen molar-refractivity contribution in [2.45, 2.75) is 118 Å². The molecule has 1 unspecified atom stereocenters. The Bertz CT molecular complexity index is 848. The van der Waals surface area contributed by atoms with Crippen molar-refractivity contribution in [2.24, 2.45) is 0 Å². The van der Waals surface area contributed by atoms with Gasteiger partial charge in [-0.05, 0) is 58.6 Å². The van der Waals surface area contributed by atoms with Gasteiger partial charge in [-0.15, -0.1) is 0 Å². The lowest BCUT2D eigenvalue weighted by Gasteiger charge is -2.33. The minimum Gasteiger partial charge on any atom is -0.444 e. The fraction of sp³-hybridized carbons (Fsp3) is 0.700. The highest BCUT2D eigenvalue weighted by Gasteiger charge is 2.32. The molecule has 0 bridgehead atoms. The van der Waals surface area contributed by atoms with E-state index in [0.29, 0.717) is 13.1 Å². The molecule has 3 amide bonds. The van der Waals surface area contributed by atoms with Crippen molar-refractivity contribution >= 4 is 17.9 Å². The smallest absolute Gasteiger partial charge is 0.408 e. The summed E-state index contributed by atoms with van der Waals surface area (Å²) in [6.07, 6.45) is 8.78. The van der Waals surface area contributed by atoms with Gasteiger partial charge in [-0.1, -0.05) is 82.6 Å². The van der Waals surface area contributed by atoms with Crippen molar-refractivity contribution in [2.75, 3.05) is 19.6 Å². The lowest BCUT2D eigenvalue weighted by atomic mass is 9.96. The van der Waals surface area contributed by atoms with Gasteiger partial charge in [-0.2, -0.15) is 0 Å². The van der Waals surface area contributed by atoms with Crippen LogP contribution in [0.4, 0.5) is 4.79 Å². The Kier molecular flexibility index (Phi) is 14.9. The summed E-state index contributed by atoms with van der Waals surface area (Å²) in [5, 5.41) is 5.65. The Hall–Kier alpha value is -2.57. The fourth-order valence-electron chi connectivity index (χ4n) is 4.29. The normalized spacial score (nSPS) is 12.1. The van der Waals surface area contributed by atoms with Gasteiger partial charge in [0.25, 0.3) is 0 Å². The quantitative estimate of drug-likeness (QED) is 0.250. The van der Waals surface area contributed by atoms with Gasteiger partial charge in [0, 0.05) is 13.1 Å².